The largest absolute Gasteiger partial charge is 0.393 e. The number of para-hydroxylation sites is 1. The molecule has 2 aromatic rings. The Morgan fingerprint density at radius 1 is 1.25 bits per heavy atom. The Bertz CT molecular complexity index is 578. The number of hydrogen-bond acceptors (Lipinski definition) is 6. The summed E-state index contributed by atoms with van der Waals surface area (Å²) in [6, 6.07) is 7.37. The lowest BCUT2D eigenvalue weighted by atomic mass is 10.3. The molecule has 0 fully saturated rings. The lowest BCUT2D eigenvalue weighted by Gasteiger charge is -2.13. The number of aromatic nitrogens is 2. The minimum atomic E-state index is 0.434. The number of nitrogens with two attached hydrogens (primary N) is 1. The number of anilines is 4. The van der Waals surface area contributed by atoms with Gasteiger partial charge in [0.15, 0.2) is 11.6 Å². The van der Waals surface area contributed by atoms with Gasteiger partial charge in [0.1, 0.15) is 12.0 Å². The first-order chi connectivity index (χ1) is 9.72. The molecule has 0 atom stereocenters. The molecule has 0 spiro atoms. The Labute approximate surface area is 122 Å². The molecule has 2 rings (SSSR count). The van der Waals surface area contributed by atoms with Gasteiger partial charge >= 0.3 is 0 Å². The Morgan fingerprint density at radius 2 is 2.00 bits per heavy atom. The van der Waals surface area contributed by atoms with E-state index in [1.165, 1.54) is 6.33 Å². The first-order valence-electron chi connectivity index (χ1n) is 6.07. The van der Waals surface area contributed by atoms with E-state index in [2.05, 4.69) is 20.6 Å². The van der Waals surface area contributed by atoms with Gasteiger partial charge in [-0.15, -0.1) is 0 Å². The molecule has 4 N–H and O–H groups in total. The molecule has 1 aromatic heterocycles. The highest BCUT2D eigenvalue weighted by atomic mass is 35.5. The van der Waals surface area contributed by atoms with E-state index in [4.69, 9.17) is 22.1 Å². The van der Waals surface area contributed by atoms with Gasteiger partial charge in [0.2, 0.25) is 0 Å². The Hall–Kier alpha value is -2.05. The second kappa shape index (κ2) is 6.93. The number of rotatable bonds is 6. The molecule has 0 unspecified atom stereocenters. The van der Waals surface area contributed by atoms with Crippen LogP contribution in [0.5, 0.6) is 0 Å². The number of nitrogen functional groups attached to an aromatic ring is 1. The quantitative estimate of drug-likeness (QED) is 0.710. The molecule has 6 nitrogen and oxygen atoms in total. The summed E-state index contributed by atoms with van der Waals surface area (Å²) in [6.07, 6.45) is 1.44. The average Bonchev–Trinajstić information content (AvgIpc) is 2.45. The van der Waals surface area contributed by atoms with Crippen molar-refractivity contribution in [1.29, 1.82) is 0 Å². The maximum atomic E-state index is 6.09. The van der Waals surface area contributed by atoms with Crippen molar-refractivity contribution in [2.24, 2.45) is 0 Å². The average molecular weight is 294 g/mol. The van der Waals surface area contributed by atoms with Gasteiger partial charge in [-0.1, -0.05) is 23.7 Å². The highest BCUT2D eigenvalue weighted by Gasteiger charge is 2.09. The van der Waals surface area contributed by atoms with Gasteiger partial charge in [-0.25, -0.2) is 9.97 Å². The smallest absolute Gasteiger partial charge is 0.159 e. The number of nitrogens with one attached hydrogen (secondary N) is 2. The van der Waals surface area contributed by atoms with Crippen LogP contribution in [0.15, 0.2) is 30.6 Å². The van der Waals surface area contributed by atoms with Crippen LogP contribution >= 0.6 is 11.6 Å². The summed E-state index contributed by atoms with van der Waals surface area (Å²) in [6.45, 7) is 1.18. The molecular weight excluding hydrogens is 278 g/mol. The van der Waals surface area contributed by atoms with Gasteiger partial charge < -0.3 is 21.1 Å². The van der Waals surface area contributed by atoms with E-state index in [1.807, 2.05) is 18.2 Å². The lowest BCUT2D eigenvalue weighted by molar-refractivity contribution is 0.210. The maximum Gasteiger partial charge on any atom is 0.159 e. The standard InChI is InChI=1S/C13H16ClN5O/c1-20-7-6-16-12-11(15)13(18-8-17-12)19-10-5-3-2-4-9(10)14/h2-5,8H,6-7,15H2,1H3,(H2,16,17,18,19). The highest BCUT2D eigenvalue weighted by molar-refractivity contribution is 6.33. The molecule has 1 aromatic carbocycles. The van der Waals surface area contributed by atoms with E-state index >= 15 is 0 Å². The van der Waals surface area contributed by atoms with Crippen molar-refractivity contribution < 1.29 is 4.74 Å². The van der Waals surface area contributed by atoms with Gasteiger partial charge in [-0.3, -0.25) is 0 Å². The third-order valence-corrected chi connectivity index (χ3v) is 2.94. The normalized spacial score (nSPS) is 10.3. The van der Waals surface area contributed by atoms with Crippen LogP contribution in [-0.2, 0) is 4.74 Å². The fourth-order valence-corrected chi connectivity index (χ4v) is 1.78. The summed E-state index contributed by atoms with van der Waals surface area (Å²) in [5.74, 6) is 1.07. The molecule has 0 aliphatic heterocycles. The van der Waals surface area contributed by atoms with Crippen LogP contribution in [0.25, 0.3) is 0 Å². The minimum absolute atomic E-state index is 0.434. The van der Waals surface area contributed by atoms with Gasteiger partial charge in [-0.05, 0) is 12.1 Å². The summed E-state index contributed by atoms with van der Waals surface area (Å²) in [5, 5.41) is 6.77. The van der Waals surface area contributed by atoms with Crippen LogP contribution in [0.1, 0.15) is 0 Å². The highest BCUT2D eigenvalue weighted by Crippen LogP contribution is 2.29. The zero-order chi connectivity index (χ0) is 14.4. The summed E-state index contributed by atoms with van der Waals surface area (Å²) in [4.78, 5) is 8.23. The molecule has 0 aliphatic rings. The number of benzene rings is 1. The number of ether oxygens (including phenoxy) is 1. The van der Waals surface area contributed by atoms with E-state index in [-0.39, 0.29) is 0 Å². The molecule has 0 saturated heterocycles. The molecule has 7 heteroatoms. The van der Waals surface area contributed by atoms with Crippen molar-refractivity contribution in [3.05, 3.63) is 35.6 Å². The zero-order valence-corrected chi connectivity index (χ0v) is 11.8. The zero-order valence-electron chi connectivity index (χ0n) is 11.1. The van der Waals surface area contributed by atoms with E-state index in [0.717, 1.165) is 5.69 Å². The topological polar surface area (TPSA) is 85.1 Å². The van der Waals surface area contributed by atoms with E-state index in [0.29, 0.717) is 35.5 Å². The lowest BCUT2D eigenvalue weighted by Crippen LogP contribution is -2.12. The second-order valence-electron chi connectivity index (χ2n) is 4.01. The van der Waals surface area contributed by atoms with Gasteiger partial charge in [-0.2, -0.15) is 0 Å². The van der Waals surface area contributed by atoms with Gasteiger partial charge in [0, 0.05) is 13.7 Å². The van der Waals surface area contributed by atoms with Gasteiger partial charge in [0.25, 0.3) is 0 Å². The summed E-state index contributed by atoms with van der Waals surface area (Å²) in [5.41, 5.74) is 7.20. The SMILES string of the molecule is COCCNc1ncnc(Nc2ccccc2Cl)c1N. The fourth-order valence-electron chi connectivity index (χ4n) is 1.60. The summed E-state index contributed by atoms with van der Waals surface area (Å²) >= 11 is 6.09. The predicted molar refractivity (Wildman–Crippen MR) is 81.5 cm³/mol. The molecule has 106 valence electrons. The van der Waals surface area contributed by atoms with Crippen LogP contribution in [-0.4, -0.2) is 30.2 Å². The summed E-state index contributed by atoms with van der Waals surface area (Å²) in [7, 11) is 1.63. The number of hydrogen-bond donors (Lipinski definition) is 3. The molecular formula is C13H16ClN5O. The molecule has 0 bridgehead atoms. The van der Waals surface area contributed by atoms with Gasteiger partial charge in [0.05, 0.1) is 17.3 Å². The Morgan fingerprint density at radius 3 is 2.75 bits per heavy atom. The number of halogens is 1. The molecule has 0 radical (unpaired) electrons. The summed E-state index contributed by atoms with van der Waals surface area (Å²) < 4.78 is 4.97. The van der Waals surface area contributed by atoms with Crippen LogP contribution in [0.4, 0.5) is 23.0 Å². The van der Waals surface area contributed by atoms with Crippen molar-refractivity contribution in [2.45, 2.75) is 0 Å². The van der Waals surface area contributed by atoms with Crippen LogP contribution in [0, 0.1) is 0 Å². The van der Waals surface area contributed by atoms with Crippen molar-refractivity contribution in [3.63, 3.8) is 0 Å². The number of methoxy groups -OCH3 is 1. The third kappa shape index (κ3) is 3.49. The molecule has 0 saturated carbocycles. The van der Waals surface area contributed by atoms with Crippen molar-refractivity contribution >= 4 is 34.6 Å². The number of nitrogens with zero attached hydrogens (tertiary/aromatic N) is 2. The van der Waals surface area contributed by atoms with Crippen molar-refractivity contribution in [2.75, 3.05) is 36.6 Å². The first kappa shape index (κ1) is 14.4. The van der Waals surface area contributed by atoms with Crippen molar-refractivity contribution in [1.82, 2.24) is 9.97 Å². The first-order valence-corrected chi connectivity index (χ1v) is 6.45. The van der Waals surface area contributed by atoms with Crippen LogP contribution in [0.3, 0.4) is 0 Å². The van der Waals surface area contributed by atoms with Crippen molar-refractivity contribution in [3.8, 4) is 0 Å². The third-order valence-electron chi connectivity index (χ3n) is 2.61. The van der Waals surface area contributed by atoms with E-state index in [1.54, 1.807) is 13.2 Å². The molecule has 0 aliphatic carbocycles. The minimum Gasteiger partial charge on any atom is -0.393 e. The molecule has 0 amide bonds. The molecule has 1 heterocycles. The second-order valence-corrected chi connectivity index (χ2v) is 4.42. The van der Waals surface area contributed by atoms with Crippen LogP contribution < -0.4 is 16.4 Å². The van der Waals surface area contributed by atoms with E-state index < -0.39 is 0 Å². The van der Waals surface area contributed by atoms with E-state index in [9.17, 15) is 0 Å². The predicted octanol–water partition coefficient (Wildman–Crippen LogP) is 2.51. The maximum absolute atomic E-state index is 6.09. The molecule has 20 heavy (non-hydrogen) atoms. The Kier molecular flexibility index (Phi) is 4.97. The monoisotopic (exact) mass is 293 g/mol. The fraction of sp³-hybridized carbons (Fsp3) is 0.231. The Balaban J connectivity index is 2.16. The van der Waals surface area contributed by atoms with Crippen LogP contribution in [0.2, 0.25) is 5.02 Å².